The lowest BCUT2D eigenvalue weighted by Crippen LogP contribution is -2.42. The van der Waals surface area contributed by atoms with E-state index in [-0.39, 0.29) is 11.3 Å². The SMILES string of the molecule is CCC1(CO)CCN(CCCC(=O)Nc2c(C)cc(C)cc2C)CC1. The zero-order valence-electron chi connectivity index (χ0n) is 16.3. The first-order valence-corrected chi connectivity index (χ1v) is 9.60. The first kappa shape index (κ1) is 19.9. The summed E-state index contributed by atoms with van der Waals surface area (Å²) in [6.07, 6.45) is 4.62. The van der Waals surface area contributed by atoms with Crippen LogP contribution in [0.3, 0.4) is 0 Å². The van der Waals surface area contributed by atoms with Gasteiger partial charge in [0.15, 0.2) is 0 Å². The molecule has 1 heterocycles. The van der Waals surface area contributed by atoms with Crippen molar-refractivity contribution < 1.29 is 9.90 Å². The van der Waals surface area contributed by atoms with Crippen LogP contribution < -0.4 is 5.32 Å². The number of benzene rings is 1. The summed E-state index contributed by atoms with van der Waals surface area (Å²) in [5, 5.41) is 12.7. The number of nitrogens with one attached hydrogen (secondary N) is 1. The molecule has 4 nitrogen and oxygen atoms in total. The Balaban J connectivity index is 1.75. The Hall–Kier alpha value is -1.39. The lowest BCUT2D eigenvalue weighted by Gasteiger charge is -2.40. The molecule has 0 spiro atoms. The van der Waals surface area contributed by atoms with Crippen molar-refractivity contribution in [3.8, 4) is 0 Å². The zero-order valence-corrected chi connectivity index (χ0v) is 16.3. The molecule has 25 heavy (non-hydrogen) atoms. The molecule has 0 saturated carbocycles. The molecule has 4 heteroatoms. The van der Waals surface area contributed by atoms with E-state index in [2.05, 4.69) is 36.2 Å². The maximum Gasteiger partial charge on any atom is 0.224 e. The molecule has 2 rings (SSSR count). The molecule has 1 aliphatic heterocycles. The Bertz CT molecular complexity index is 561. The number of aliphatic hydroxyl groups excluding tert-OH is 1. The van der Waals surface area contributed by atoms with Crippen LogP contribution in [-0.2, 0) is 4.79 Å². The molecule has 1 aliphatic rings. The molecular weight excluding hydrogens is 312 g/mol. The molecule has 140 valence electrons. The van der Waals surface area contributed by atoms with Gasteiger partial charge in [-0.15, -0.1) is 0 Å². The quantitative estimate of drug-likeness (QED) is 0.789. The Kier molecular flexibility index (Phi) is 7.03. The summed E-state index contributed by atoms with van der Waals surface area (Å²) in [5.74, 6) is 0.102. The van der Waals surface area contributed by atoms with E-state index in [1.54, 1.807) is 0 Å². The van der Waals surface area contributed by atoms with Crippen molar-refractivity contribution in [3.63, 3.8) is 0 Å². The molecule has 1 saturated heterocycles. The van der Waals surface area contributed by atoms with Gasteiger partial charge in [0.2, 0.25) is 5.91 Å². The molecule has 2 N–H and O–H groups in total. The zero-order chi connectivity index (χ0) is 18.4. The fourth-order valence-corrected chi connectivity index (χ4v) is 3.92. The molecule has 1 fully saturated rings. The number of anilines is 1. The maximum absolute atomic E-state index is 12.3. The van der Waals surface area contributed by atoms with Crippen molar-refractivity contribution in [2.75, 3.05) is 31.6 Å². The number of amides is 1. The van der Waals surface area contributed by atoms with Gasteiger partial charge in [-0.3, -0.25) is 4.79 Å². The molecule has 1 aromatic rings. The highest BCUT2D eigenvalue weighted by molar-refractivity contribution is 5.92. The van der Waals surface area contributed by atoms with Crippen molar-refractivity contribution >= 4 is 11.6 Å². The number of carbonyl (C=O) groups is 1. The molecule has 0 aliphatic carbocycles. The van der Waals surface area contributed by atoms with Gasteiger partial charge in [-0.1, -0.05) is 24.6 Å². The molecule has 0 atom stereocenters. The molecular formula is C21H34N2O2. The third kappa shape index (κ3) is 5.29. The maximum atomic E-state index is 12.3. The molecule has 0 aromatic heterocycles. The van der Waals surface area contributed by atoms with Crippen LogP contribution in [0.4, 0.5) is 5.69 Å². The largest absolute Gasteiger partial charge is 0.396 e. The van der Waals surface area contributed by atoms with Gasteiger partial charge in [0.25, 0.3) is 0 Å². The van der Waals surface area contributed by atoms with E-state index >= 15 is 0 Å². The van der Waals surface area contributed by atoms with Crippen molar-refractivity contribution in [2.24, 2.45) is 5.41 Å². The highest BCUT2D eigenvalue weighted by Gasteiger charge is 2.31. The van der Waals surface area contributed by atoms with E-state index in [4.69, 9.17) is 0 Å². The topological polar surface area (TPSA) is 52.6 Å². The number of likely N-dealkylation sites (tertiary alicyclic amines) is 1. The van der Waals surface area contributed by atoms with Crippen LogP contribution in [0.1, 0.15) is 55.7 Å². The summed E-state index contributed by atoms with van der Waals surface area (Å²) >= 11 is 0. The number of hydrogen-bond donors (Lipinski definition) is 2. The van der Waals surface area contributed by atoms with Gasteiger partial charge in [0.1, 0.15) is 0 Å². The number of piperidine rings is 1. The number of aryl methyl sites for hydroxylation is 3. The van der Waals surface area contributed by atoms with Crippen molar-refractivity contribution in [2.45, 2.75) is 59.8 Å². The second kappa shape index (κ2) is 8.81. The van der Waals surface area contributed by atoms with E-state index in [1.165, 1.54) is 5.56 Å². The normalized spacial score (nSPS) is 17.5. The standard InChI is InChI=1S/C21H34N2O2/c1-5-21(15-24)8-11-23(12-9-21)10-6-7-19(25)22-20-17(3)13-16(2)14-18(20)4/h13-14,24H,5-12,15H2,1-4H3,(H,22,25). The number of aliphatic hydroxyl groups is 1. The molecule has 1 aromatic carbocycles. The van der Waals surface area contributed by atoms with Gasteiger partial charge in [-0.25, -0.2) is 0 Å². The van der Waals surface area contributed by atoms with Crippen molar-refractivity contribution in [1.29, 1.82) is 0 Å². The summed E-state index contributed by atoms with van der Waals surface area (Å²) in [5.41, 5.74) is 4.57. The Morgan fingerprint density at radius 3 is 2.32 bits per heavy atom. The summed E-state index contributed by atoms with van der Waals surface area (Å²) in [6, 6.07) is 4.22. The molecule has 0 unspecified atom stereocenters. The monoisotopic (exact) mass is 346 g/mol. The number of carbonyl (C=O) groups excluding carboxylic acids is 1. The van der Waals surface area contributed by atoms with Crippen molar-refractivity contribution in [1.82, 2.24) is 4.90 Å². The third-order valence-electron chi connectivity index (χ3n) is 5.82. The van der Waals surface area contributed by atoms with Crippen LogP contribution in [0.25, 0.3) is 0 Å². The number of nitrogens with zero attached hydrogens (tertiary/aromatic N) is 1. The first-order chi connectivity index (χ1) is 11.9. The van der Waals surface area contributed by atoms with E-state index in [1.807, 2.05) is 13.8 Å². The van der Waals surface area contributed by atoms with Gasteiger partial charge < -0.3 is 15.3 Å². The third-order valence-corrected chi connectivity index (χ3v) is 5.82. The predicted octanol–water partition coefficient (Wildman–Crippen LogP) is 3.82. The summed E-state index contributed by atoms with van der Waals surface area (Å²) in [7, 11) is 0. The van der Waals surface area contributed by atoms with Crippen LogP contribution in [0.5, 0.6) is 0 Å². The summed E-state index contributed by atoms with van der Waals surface area (Å²) < 4.78 is 0. The Morgan fingerprint density at radius 1 is 1.20 bits per heavy atom. The highest BCUT2D eigenvalue weighted by atomic mass is 16.3. The van der Waals surface area contributed by atoms with E-state index in [9.17, 15) is 9.90 Å². The smallest absolute Gasteiger partial charge is 0.224 e. The van der Waals surface area contributed by atoms with Crippen molar-refractivity contribution in [3.05, 3.63) is 28.8 Å². The van der Waals surface area contributed by atoms with Gasteiger partial charge in [-0.2, -0.15) is 0 Å². The number of hydrogen-bond acceptors (Lipinski definition) is 3. The Morgan fingerprint density at radius 2 is 1.80 bits per heavy atom. The molecule has 0 bridgehead atoms. The Labute approximate surface area is 152 Å². The minimum atomic E-state index is 0.102. The van der Waals surface area contributed by atoms with Gasteiger partial charge in [0.05, 0.1) is 0 Å². The molecule has 0 radical (unpaired) electrons. The van der Waals surface area contributed by atoms with Gasteiger partial charge >= 0.3 is 0 Å². The van der Waals surface area contributed by atoms with Gasteiger partial charge in [0, 0.05) is 18.7 Å². The van der Waals surface area contributed by atoms with Crippen LogP contribution in [0.15, 0.2) is 12.1 Å². The predicted molar refractivity (Wildman–Crippen MR) is 104 cm³/mol. The minimum Gasteiger partial charge on any atom is -0.396 e. The molecule has 1 amide bonds. The van der Waals surface area contributed by atoms with E-state index in [0.29, 0.717) is 13.0 Å². The van der Waals surface area contributed by atoms with E-state index < -0.39 is 0 Å². The van der Waals surface area contributed by atoms with Crippen LogP contribution in [-0.4, -0.2) is 42.2 Å². The summed E-state index contributed by atoms with van der Waals surface area (Å²) in [6.45, 7) is 11.7. The minimum absolute atomic E-state index is 0.102. The average Bonchev–Trinajstić information content (AvgIpc) is 2.59. The second-order valence-electron chi connectivity index (χ2n) is 7.78. The lowest BCUT2D eigenvalue weighted by atomic mass is 9.77. The highest BCUT2D eigenvalue weighted by Crippen LogP contribution is 2.34. The van der Waals surface area contributed by atoms with Crippen LogP contribution in [0, 0.1) is 26.2 Å². The van der Waals surface area contributed by atoms with Crippen LogP contribution in [0.2, 0.25) is 0 Å². The van der Waals surface area contributed by atoms with Crippen LogP contribution >= 0.6 is 0 Å². The van der Waals surface area contributed by atoms with Gasteiger partial charge in [-0.05, 0) is 82.6 Å². The average molecular weight is 347 g/mol. The second-order valence-corrected chi connectivity index (χ2v) is 7.78. The number of rotatable bonds is 7. The van der Waals surface area contributed by atoms with E-state index in [0.717, 1.165) is 62.1 Å². The summed E-state index contributed by atoms with van der Waals surface area (Å²) in [4.78, 5) is 14.7. The fraction of sp³-hybridized carbons (Fsp3) is 0.667. The lowest BCUT2D eigenvalue weighted by molar-refractivity contribution is -0.116. The first-order valence-electron chi connectivity index (χ1n) is 9.60. The fourth-order valence-electron chi connectivity index (χ4n) is 3.92.